The molecule has 1 saturated heterocycles. The Morgan fingerprint density at radius 3 is 2.71 bits per heavy atom. The number of hydrogen-bond donors (Lipinski definition) is 1. The first-order valence-electron chi connectivity index (χ1n) is 9.64. The summed E-state index contributed by atoms with van der Waals surface area (Å²) < 4.78 is 1.95. The topological polar surface area (TPSA) is 65.8 Å². The predicted molar refractivity (Wildman–Crippen MR) is 112 cm³/mol. The fourth-order valence-electron chi connectivity index (χ4n) is 4.47. The zero-order valence-corrected chi connectivity index (χ0v) is 16.7. The summed E-state index contributed by atoms with van der Waals surface area (Å²) in [5, 5.41) is 10.4. The molecule has 0 radical (unpaired) electrons. The Morgan fingerprint density at radius 2 is 2.07 bits per heavy atom. The van der Waals surface area contributed by atoms with Crippen molar-refractivity contribution in [3.05, 3.63) is 51.3 Å². The second kappa shape index (κ2) is 7.26. The molecule has 1 N–H and O–H groups in total. The molecule has 6 nitrogen and oxygen atoms in total. The molecular formula is C21H24ClN3O3. The number of pyridine rings is 1. The van der Waals surface area contributed by atoms with Gasteiger partial charge in [-0.15, -0.1) is 6.58 Å². The molecular weight excluding hydrogens is 378 g/mol. The van der Waals surface area contributed by atoms with Crippen LogP contribution >= 0.6 is 11.6 Å². The van der Waals surface area contributed by atoms with E-state index < -0.39 is 11.4 Å². The maximum absolute atomic E-state index is 12.8. The van der Waals surface area contributed by atoms with Crippen LogP contribution in [0.2, 0.25) is 5.02 Å². The Kier molecular flexibility index (Phi) is 4.93. The van der Waals surface area contributed by atoms with Gasteiger partial charge in [-0.2, -0.15) is 0 Å². The van der Waals surface area contributed by atoms with Gasteiger partial charge >= 0.3 is 5.97 Å². The van der Waals surface area contributed by atoms with E-state index >= 15 is 0 Å². The molecule has 1 atom stereocenters. The lowest BCUT2D eigenvalue weighted by Crippen LogP contribution is -2.46. The molecule has 7 heteroatoms. The fraction of sp³-hybridized carbons (Fsp3) is 0.429. The van der Waals surface area contributed by atoms with E-state index in [0.29, 0.717) is 10.4 Å². The highest BCUT2D eigenvalue weighted by Crippen LogP contribution is 2.41. The zero-order valence-electron chi connectivity index (χ0n) is 15.9. The number of benzene rings is 1. The third-order valence-corrected chi connectivity index (χ3v) is 6.22. The van der Waals surface area contributed by atoms with E-state index in [0.717, 1.165) is 62.3 Å². The first-order valence-corrected chi connectivity index (χ1v) is 10.0. The molecule has 2 aliphatic heterocycles. The van der Waals surface area contributed by atoms with Crippen LogP contribution in [0.15, 0.2) is 29.7 Å². The minimum atomic E-state index is -1.20. The van der Waals surface area contributed by atoms with Gasteiger partial charge in [-0.3, -0.25) is 9.69 Å². The molecule has 4 rings (SSSR count). The molecule has 28 heavy (non-hydrogen) atoms. The standard InChI is InChI=1S/C21H24ClN3O3/c1-3-6-23-7-9-24(10-8-23)19-14-5-4-13(2)25-12-16(21(27)28)20(26)15(18(14)25)11-17(19)22/h3,11-13H,1,4-10H2,2H3,(H,27,28). The number of aromatic carboxylic acids is 1. The number of anilines is 1. The van der Waals surface area contributed by atoms with Crippen molar-refractivity contribution < 1.29 is 9.90 Å². The monoisotopic (exact) mass is 401 g/mol. The highest BCUT2D eigenvalue weighted by Gasteiger charge is 2.29. The van der Waals surface area contributed by atoms with Gasteiger partial charge in [0.2, 0.25) is 5.43 Å². The molecule has 1 fully saturated rings. The van der Waals surface area contributed by atoms with Crippen molar-refractivity contribution in [3.63, 3.8) is 0 Å². The van der Waals surface area contributed by atoms with E-state index in [1.807, 2.05) is 10.6 Å². The maximum atomic E-state index is 12.8. The van der Waals surface area contributed by atoms with Crippen molar-refractivity contribution >= 4 is 34.2 Å². The Hall–Kier alpha value is -2.31. The summed E-state index contributed by atoms with van der Waals surface area (Å²) in [5.41, 5.74) is 2.23. The minimum Gasteiger partial charge on any atom is -0.477 e. The molecule has 148 valence electrons. The third kappa shape index (κ3) is 3.01. The Morgan fingerprint density at radius 1 is 1.36 bits per heavy atom. The van der Waals surface area contributed by atoms with E-state index in [2.05, 4.69) is 23.3 Å². The summed E-state index contributed by atoms with van der Waals surface area (Å²) in [7, 11) is 0. The van der Waals surface area contributed by atoms with Crippen LogP contribution in [0.5, 0.6) is 0 Å². The number of carboxylic acids is 1. The fourth-order valence-corrected chi connectivity index (χ4v) is 4.81. The number of halogens is 1. The molecule has 1 aromatic carbocycles. The largest absolute Gasteiger partial charge is 0.477 e. The van der Waals surface area contributed by atoms with Gasteiger partial charge in [0.25, 0.3) is 0 Å². The van der Waals surface area contributed by atoms with E-state index in [-0.39, 0.29) is 11.6 Å². The highest BCUT2D eigenvalue weighted by atomic mass is 35.5. The summed E-state index contributed by atoms with van der Waals surface area (Å²) in [5.74, 6) is -1.20. The number of rotatable bonds is 4. The lowest BCUT2D eigenvalue weighted by molar-refractivity contribution is 0.0694. The number of aromatic nitrogens is 1. The normalized spacial score (nSPS) is 19.8. The van der Waals surface area contributed by atoms with Gasteiger partial charge in [0.1, 0.15) is 5.56 Å². The van der Waals surface area contributed by atoms with Crippen LogP contribution in [0.1, 0.15) is 35.3 Å². The zero-order chi connectivity index (χ0) is 20.0. The van der Waals surface area contributed by atoms with Crippen LogP contribution in [-0.2, 0) is 6.42 Å². The number of aryl methyl sites for hydroxylation is 1. The summed E-state index contributed by atoms with van der Waals surface area (Å²) in [4.78, 5) is 29.0. The Labute approximate surface area is 168 Å². The highest BCUT2D eigenvalue weighted by molar-refractivity contribution is 6.34. The van der Waals surface area contributed by atoms with Crippen LogP contribution in [0, 0.1) is 0 Å². The van der Waals surface area contributed by atoms with Crippen molar-refractivity contribution in [1.29, 1.82) is 0 Å². The van der Waals surface area contributed by atoms with Crippen molar-refractivity contribution in [2.24, 2.45) is 0 Å². The number of piperazine rings is 1. The maximum Gasteiger partial charge on any atom is 0.341 e. The molecule has 0 amide bonds. The van der Waals surface area contributed by atoms with Crippen LogP contribution in [0.4, 0.5) is 5.69 Å². The molecule has 2 aromatic rings. The first-order chi connectivity index (χ1) is 13.4. The van der Waals surface area contributed by atoms with Crippen molar-refractivity contribution in [2.75, 3.05) is 37.6 Å². The smallest absolute Gasteiger partial charge is 0.341 e. The van der Waals surface area contributed by atoms with Gasteiger partial charge in [0, 0.05) is 55.9 Å². The SMILES string of the molecule is C=CCN1CCN(c2c(Cl)cc3c(=O)c(C(=O)O)cn4c3c2CCC4C)CC1. The summed E-state index contributed by atoms with van der Waals surface area (Å²) in [6.45, 7) is 10.3. The summed E-state index contributed by atoms with van der Waals surface area (Å²) >= 11 is 6.67. The van der Waals surface area contributed by atoms with Gasteiger partial charge in [-0.25, -0.2) is 4.79 Å². The van der Waals surface area contributed by atoms with Crippen LogP contribution in [0.25, 0.3) is 10.9 Å². The van der Waals surface area contributed by atoms with E-state index in [9.17, 15) is 14.7 Å². The molecule has 3 heterocycles. The number of nitrogens with zero attached hydrogens (tertiary/aromatic N) is 3. The van der Waals surface area contributed by atoms with E-state index in [1.165, 1.54) is 6.20 Å². The van der Waals surface area contributed by atoms with Crippen LogP contribution in [0.3, 0.4) is 0 Å². The van der Waals surface area contributed by atoms with Crippen LogP contribution < -0.4 is 10.3 Å². The van der Waals surface area contributed by atoms with Crippen LogP contribution in [-0.4, -0.2) is 53.3 Å². The van der Waals surface area contributed by atoms with E-state index in [1.54, 1.807) is 6.07 Å². The second-order valence-electron chi connectivity index (χ2n) is 7.63. The predicted octanol–water partition coefficient (Wildman–Crippen LogP) is 3.17. The molecule has 0 bridgehead atoms. The van der Waals surface area contributed by atoms with Gasteiger partial charge in [-0.1, -0.05) is 17.7 Å². The van der Waals surface area contributed by atoms with Gasteiger partial charge in [0.05, 0.1) is 16.2 Å². The Balaban J connectivity index is 1.88. The Bertz CT molecular complexity index is 1020. The summed E-state index contributed by atoms with van der Waals surface area (Å²) in [6, 6.07) is 1.79. The van der Waals surface area contributed by atoms with Gasteiger partial charge < -0.3 is 14.6 Å². The molecule has 1 aromatic heterocycles. The third-order valence-electron chi connectivity index (χ3n) is 5.93. The lowest BCUT2D eigenvalue weighted by Gasteiger charge is -2.38. The van der Waals surface area contributed by atoms with E-state index in [4.69, 9.17) is 11.6 Å². The first kappa shape index (κ1) is 19.0. The number of carbonyl (C=O) groups is 1. The quantitative estimate of drug-likeness (QED) is 0.797. The average Bonchev–Trinajstić information content (AvgIpc) is 2.67. The van der Waals surface area contributed by atoms with Crippen molar-refractivity contribution in [3.8, 4) is 0 Å². The molecule has 2 aliphatic rings. The molecule has 0 saturated carbocycles. The lowest BCUT2D eigenvalue weighted by atomic mass is 9.93. The number of carboxylic acid groups (broad SMARTS) is 1. The van der Waals surface area contributed by atoms with Crippen molar-refractivity contribution in [2.45, 2.75) is 25.8 Å². The number of hydrogen-bond acceptors (Lipinski definition) is 4. The second-order valence-corrected chi connectivity index (χ2v) is 8.04. The van der Waals surface area contributed by atoms with Gasteiger partial charge in [-0.05, 0) is 25.8 Å². The van der Waals surface area contributed by atoms with Gasteiger partial charge in [0.15, 0.2) is 0 Å². The van der Waals surface area contributed by atoms with Crippen molar-refractivity contribution in [1.82, 2.24) is 9.47 Å². The molecule has 1 unspecified atom stereocenters. The molecule has 0 aliphatic carbocycles. The molecule has 0 spiro atoms. The average molecular weight is 402 g/mol. The summed E-state index contributed by atoms with van der Waals surface area (Å²) in [6.07, 6.45) is 5.13. The minimum absolute atomic E-state index is 0.132.